The molecule has 0 N–H and O–H groups in total. The molecule has 0 amide bonds. The van der Waals surface area contributed by atoms with Gasteiger partial charge in [-0.05, 0) is 93.0 Å². The zero-order valence-electron chi connectivity index (χ0n) is 25.4. The van der Waals surface area contributed by atoms with Crippen molar-refractivity contribution in [1.29, 1.82) is 0 Å². The van der Waals surface area contributed by atoms with E-state index < -0.39 is 0 Å². The average molecular weight is 483 g/mol. The Bertz CT molecular complexity index is 1150. The van der Waals surface area contributed by atoms with Crippen molar-refractivity contribution < 1.29 is 0 Å². The molecule has 36 heavy (non-hydrogen) atoms. The van der Waals surface area contributed by atoms with Crippen molar-refractivity contribution in [1.82, 2.24) is 0 Å². The first-order valence-corrected chi connectivity index (χ1v) is 13.7. The molecule has 1 atom stereocenters. The largest absolute Gasteiger partial charge is 0.0587 e. The Morgan fingerprint density at radius 1 is 0.444 bits per heavy atom. The normalized spacial score (nSPS) is 13.8. The second-order valence-corrected chi connectivity index (χ2v) is 14.2. The summed E-state index contributed by atoms with van der Waals surface area (Å²) in [4.78, 5) is 0. The predicted molar refractivity (Wildman–Crippen MR) is 160 cm³/mol. The molecule has 194 valence electrons. The molecular formula is C36H50. The van der Waals surface area contributed by atoms with Crippen LogP contribution >= 0.6 is 0 Å². The molecule has 0 nitrogen and oxygen atoms in total. The molecule has 0 heterocycles. The van der Waals surface area contributed by atoms with Crippen LogP contribution in [-0.4, -0.2) is 0 Å². The Morgan fingerprint density at radius 3 is 1.03 bits per heavy atom. The molecule has 0 spiro atoms. The summed E-state index contributed by atoms with van der Waals surface area (Å²) in [6, 6.07) is 21.5. The quantitative estimate of drug-likeness (QED) is 0.347. The Morgan fingerprint density at radius 2 is 0.722 bits per heavy atom. The van der Waals surface area contributed by atoms with E-state index in [2.05, 4.69) is 145 Å². The number of hydrogen-bond acceptors (Lipinski definition) is 0. The van der Waals surface area contributed by atoms with Crippen molar-refractivity contribution in [2.24, 2.45) is 0 Å². The minimum absolute atomic E-state index is 0.112. The highest BCUT2D eigenvalue weighted by Crippen LogP contribution is 2.44. The van der Waals surface area contributed by atoms with Gasteiger partial charge in [-0.3, -0.25) is 0 Å². The van der Waals surface area contributed by atoms with Gasteiger partial charge in [0.25, 0.3) is 0 Å². The smallest absolute Gasteiger partial charge is 0.0161 e. The van der Waals surface area contributed by atoms with Crippen LogP contribution in [0.5, 0.6) is 0 Å². The minimum Gasteiger partial charge on any atom is -0.0587 e. The standard InChI is InChI=1S/C36H50/c1-23-14-17-27(34(5,6)7)20-30(23)26(4)33(31-21-28(35(8,9)10)18-15-24(31)2)32-22-29(36(11,12)13)19-16-25(32)3/h14-22,26,33H,1-13H3. The fraction of sp³-hybridized carbons (Fsp3) is 0.500. The SMILES string of the molecule is Cc1ccc(C(C)(C)C)cc1C(C)C(c1cc(C(C)(C)C)ccc1C)c1cc(C(C)(C)C)ccc1C. The number of rotatable bonds is 4. The lowest BCUT2D eigenvalue weighted by Gasteiger charge is -2.33. The topological polar surface area (TPSA) is 0 Å². The zero-order valence-corrected chi connectivity index (χ0v) is 25.4. The summed E-state index contributed by atoms with van der Waals surface area (Å²) in [6.07, 6.45) is 0. The summed E-state index contributed by atoms with van der Waals surface area (Å²) in [5.41, 5.74) is 13.1. The van der Waals surface area contributed by atoms with E-state index in [1.54, 1.807) is 0 Å². The molecule has 0 saturated carbocycles. The molecule has 0 aliphatic heterocycles. The lowest BCUT2D eigenvalue weighted by Crippen LogP contribution is -2.19. The van der Waals surface area contributed by atoms with E-state index in [9.17, 15) is 0 Å². The molecule has 0 radical (unpaired) electrons. The van der Waals surface area contributed by atoms with Crippen LogP contribution in [-0.2, 0) is 16.2 Å². The van der Waals surface area contributed by atoms with Gasteiger partial charge in [0.2, 0.25) is 0 Å². The van der Waals surface area contributed by atoms with Gasteiger partial charge in [-0.2, -0.15) is 0 Å². The van der Waals surface area contributed by atoms with Gasteiger partial charge in [0.05, 0.1) is 0 Å². The van der Waals surface area contributed by atoms with Gasteiger partial charge in [-0.15, -0.1) is 0 Å². The van der Waals surface area contributed by atoms with Gasteiger partial charge in [0.1, 0.15) is 0 Å². The molecule has 3 aromatic rings. The van der Waals surface area contributed by atoms with Crippen LogP contribution in [0.4, 0.5) is 0 Å². The first-order valence-electron chi connectivity index (χ1n) is 13.7. The first-order chi connectivity index (χ1) is 16.4. The molecule has 0 aromatic heterocycles. The maximum absolute atomic E-state index is 2.50. The first kappa shape index (κ1) is 28.2. The maximum Gasteiger partial charge on any atom is 0.0161 e. The van der Waals surface area contributed by atoms with E-state index in [0.717, 1.165) is 0 Å². The molecule has 0 saturated heterocycles. The summed E-state index contributed by atoms with van der Waals surface area (Å²) in [5, 5.41) is 0. The monoisotopic (exact) mass is 482 g/mol. The second kappa shape index (κ2) is 9.85. The van der Waals surface area contributed by atoms with Crippen molar-refractivity contribution in [3.05, 3.63) is 105 Å². The summed E-state index contributed by atoms with van der Waals surface area (Å²) in [6.45, 7) is 30.2. The summed E-state index contributed by atoms with van der Waals surface area (Å²) >= 11 is 0. The fourth-order valence-corrected chi connectivity index (χ4v) is 5.37. The van der Waals surface area contributed by atoms with Gasteiger partial charge in [-0.1, -0.05) is 124 Å². The summed E-state index contributed by atoms with van der Waals surface area (Å²) in [7, 11) is 0. The van der Waals surface area contributed by atoms with Gasteiger partial charge in [0.15, 0.2) is 0 Å². The van der Waals surface area contributed by atoms with Crippen molar-refractivity contribution in [3.63, 3.8) is 0 Å². The zero-order chi connectivity index (χ0) is 27.2. The highest BCUT2D eigenvalue weighted by molar-refractivity contribution is 5.50. The molecule has 0 bridgehead atoms. The van der Waals surface area contributed by atoms with Crippen molar-refractivity contribution in [3.8, 4) is 0 Å². The highest BCUT2D eigenvalue weighted by Gasteiger charge is 2.30. The number of hydrogen-bond donors (Lipinski definition) is 0. The lowest BCUT2D eigenvalue weighted by atomic mass is 9.71. The van der Waals surface area contributed by atoms with Crippen molar-refractivity contribution in [2.75, 3.05) is 0 Å². The van der Waals surface area contributed by atoms with Crippen LogP contribution in [0.15, 0.2) is 54.6 Å². The molecule has 0 aliphatic carbocycles. The van der Waals surface area contributed by atoms with Gasteiger partial charge in [-0.25, -0.2) is 0 Å². The molecule has 3 rings (SSSR count). The molecule has 3 aromatic carbocycles. The Hall–Kier alpha value is -2.34. The summed E-state index contributed by atoms with van der Waals surface area (Å²) < 4.78 is 0. The van der Waals surface area contributed by atoms with Crippen molar-refractivity contribution >= 4 is 0 Å². The molecule has 1 unspecified atom stereocenters. The van der Waals surface area contributed by atoms with Crippen LogP contribution in [0.2, 0.25) is 0 Å². The molecule has 0 fully saturated rings. The van der Waals surface area contributed by atoms with Crippen LogP contribution in [0, 0.1) is 20.8 Å². The van der Waals surface area contributed by atoms with E-state index in [-0.39, 0.29) is 22.2 Å². The molecular weight excluding hydrogens is 432 g/mol. The van der Waals surface area contributed by atoms with Gasteiger partial charge >= 0.3 is 0 Å². The molecule has 0 aliphatic rings. The Labute approximate surface area is 222 Å². The number of benzene rings is 3. The van der Waals surface area contributed by atoms with E-state index in [4.69, 9.17) is 0 Å². The fourth-order valence-electron chi connectivity index (χ4n) is 5.37. The van der Waals surface area contributed by atoms with E-state index >= 15 is 0 Å². The Kier molecular flexibility index (Phi) is 7.72. The van der Waals surface area contributed by atoms with E-state index in [0.29, 0.717) is 5.92 Å². The third-order valence-corrected chi connectivity index (χ3v) is 8.10. The van der Waals surface area contributed by atoms with Crippen LogP contribution in [0.25, 0.3) is 0 Å². The average Bonchev–Trinajstić information content (AvgIpc) is 2.74. The third kappa shape index (κ3) is 5.96. The third-order valence-electron chi connectivity index (χ3n) is 8.10. The summed E-state index contributed by atoms with van der Waals surface area (Å²) in [5.74, 6) is 0.624. The lowest BCUT2D eigenvalue weighted by molar-refractivity contribution is 0.575. The second-order valence-electron chi connectivity index (χ2n) is 14.2. The van der Waals surface area contributed by atoms with Crippen LogP contribution in [0.3, 0.4) is 0 Å². The highest BCUT2D eigenvalue weighted by atomic mass is 14.3. The number of aryl methyl sites for hydroxylation is 3. The van der Waals surface area contributed by atoms with E-state index in [1.807, 2.05) is 0 Å². The van der Waals surface area contributed by atoms with Gasteiger partial charge in [0, 0.05) is 5.92 Å². The predicted octanol–water partition coefficient (Wildman–Crippen LogP) is 10.4. The Balaban J connectivity index is 2.35. The van der Waals surface area contributed by atoms with Crippen molar-refractivity contribution in [2.45, 2.75) is 118 Å². The minimum atomic E-state index is 0.112. The van der Waals surface area contributed by atoms with Gasteiger partial charge < -0.3 is 0 Å². The van der Waals surface area contributed by atoms with Crippen LogP contribution < -0.4 is 0 Å². The van der Waals surface area contributed by atoms with Crippen LogP contribution in [0.1, 0.15) is 131 Å². The molecule has 0 heteroatoms. The van der Waals surface area contributed by atoms with E-state index in [1.165, 1.54) is 50.1 Å². The maximum atomic E-state index is 2.50.